The number of fused-ring (bicyclic) bond motifs is 1. The smallest absolute Gasteiger partial charge is 0.356 e. The Morgan fingerprint density at radius 1 is 1.21 bits per heavy atom. The number of esters is 1. The van der Waals surface area contributed by atoms with Gasteiger partial charge in [0.2, 0.25) is 0 Å². The van der Waals surface area contributed by atoms with E-state index in [-0.39, 0.29) is 11.6 Å². The third-order valence-corrected chi connectivity index (χ3v) is 5.60. The number of anilines is 1. The van der Waals surface area contributed by atoms with E-state index in [1.165, 1.54) is 7.11 Å². The molecule has 3 N–H and O–H groups in total. The van der Waals surface area contributed by atoms with Gasteiger partial charge in [0.05, 0.1) is 64.6 Å². The van der Waals surface area contributed by atoms with Gasteiger partial charge in [-0.1, -0.05) is 0 Å². The van der Waals surface area contributed by atoms with Crippen molar-refractivity contribution in [2.24, 2.45) is 0 Å². The molecule has 0 saturated carbocycles. The van der Waals surface area contributed by atoms with Crippen molar-refractivity contribution in [1.82, 2.24) is 4.98 Å². The first-order valence-corrected chi connectivity index (χ1v) is 9.73. The van der Waals surface area contributed by atoms with E-state index in [9.17, 15) is 9.59 Å². The van der Waals surface area contributed by atoms with E-state index in [0.717, 1.165) is 36.2 Å². The van der Waals surface area contributed by atoms with Crippen molar-refractivity contribution < 1.29 is 33.4 Å². The fraction of sp³-hybridized carbons (Fsp3) is 0.500. The molecule has 0 aliphatic carbocycles. The standard InChI is InChI=1S/C20H25N3O6/c1-26-13-3-4-14-15(11-13)21-18(19(25)27-2)17(14)22-16(24)12-23-7-5-20(6-8-23)28-9-10-29-20/h3-4,11,21H,5-10,12H2,1-2H3,(H,22,24)/p+1. The van der Waals surface area contributed by atoms with Crippen LogP contribution in [0.2, 0.25) is 0 Å². The van der Waals surface area contributed by atoms with Gasteiger partial charge < -0.3 is 34.1 Å². The highest BCUT2D eigenvalue weighted by molar-refractivity contribution is 6.11. The molecule has 1 amide bonds. The summed E-state index contributed by atoms with van der Waals surface area (Å²) >= 11 is 0. The molecule has 156 valence electrons. The number of H-pyrrole nitrogens is 1. The van der Waals surface area contributed by atoms with Gasteiger partial charge in [-0.05, 0) is 12.1 Å². The lowest BCUT2D eigenvalue weighted by molar-refractivity contribution is -0.900. The molecule has 3 heterocycles. The molecular formula is C20H26N3O6+. The highest BCUT2D eigenvalue weighted by atomic mass is 16.7. The van der Waals surface area contributed by atoms with Crippen LogP contribution in [0.15, 0.2) is 18.2 Å². The SMILES string of the molecule is COC(=O)c1[nH]c2cc(OC)ccc2c1NC(=O)C[NH+]1CCC2(CC1)OCCO2. The summed E-state index contributed by atoms with van der Waals surface area (Å²) in [5, 5.41) is 3.62. The summed E-state index contributed by atoms with van der Waals surface area (Å²) in [6.07, 6.45) is 1.55. The Bertz CT molecular complexity index is 908. The Morgan fingerprint density at radius 3 is 2.59 bits per heavy atom. The summed E-state index contributed by atoms with van der Waals surface area (Å²) in [5.74, 6) is -0.506. The van der Waals surface area contributed by atoms with Crippen LogP contribution in [0, 0.1) is 0 Å². The average molecular weight is 404 g/mol. The van der Waals surface area contributed by atoms with Crippen LogP contribution in [0.25, 0.3) is 10.9 Å². The van der Waals surface area contributed by atoms with E-state index >= 15 is 0 Å². The van der Waals surface area contributed by atoms with E-state index in [2.05, 4.69) is 10.3 Å². The van der Waals surface area contributed by atoms with Crippen molar-refractivity contribution in [2.45, 2.75) is 18.6 Å². The highest BCUT2D eigenvalue weighted by Crippen LogP contribution is 2.31. The van der Waals surface area contributed by atoms with E-state index in [1.54, 1.807) is 25.3 Å². The number of carbonyl (C=O) groups excluding carboxylic acids is 2. The minimum atomic E-state index is -0.543. The number of quaternary nitrogens is 1. The van der Waals surface area contributed by atoms with Gasteiger partial charge >= 0.3 is 5.97 Å². The van der Waals surface area contributed by atoms with Crippen molar-refractivity contribution in [3.8, 4) is 5.75 Å². The molecule has 2 fully saturated rings. The fourth-order valence-corrected chi connectivity index (χ4v) is 4.05. The van der Waals surface area contributed by atoms with Gasteiger partial charge in [0.25, 0.3) is 5.91 Å². The zero-order valence-corrected chi connectivity index (χ0v) is 16.6. The van der Waals surface area contributed by atoms with Crippen LogP contribution in [0.1, 0.15) is 23.3 Å². The number of aromatic amines is 1. The van der Waals surface area contributed by atoms with Gasteiger partial charge in [0.1, 0.15) is 11.4 Å². The summed E-state index contributed by atoms with van der Waals surface area (Å²) in [6, 6.07) is 5.36. The summed E-state index contributed by atoms with van der Waals surface area (Å²) in [7, 11) is 2.88. The molecule has 2 aromatic rings. The number of piperidine rings is 1. The van der Waals surface area contributed by atoms with E-state index < -0.39 is 11.8 Å². The third-order valence-electron chi connectivity index (χ3n) is 5.60. The summed E-state index contributed by atoms with van der Waals surface area (Å²) in [5.41, 5.74) is 1.32. The first-order valence-electron chi connectivity index (χ1n) is 9.73. The topological polar surface area (TPSA) is 103 Å². The molecule has 1 aromatic heterocycles. The van der Waals surface area contributed by atoms with Crippen molar-refractivity contribution in [1.29, 1.82) is 0 Å². The van der Waals surface area contributed by atoms with Gasteiger partial charge in [0, 0.05) is 11.5 Å². The van der Waals surface area contributed by atoms with E-state index in [4.69, 9.17) is 18.9 Å². The van der Waals surface area contributed by atoms with E-state index in [1.807, 2.05) is 0 Å². The molecule has 0 unspecified atom stereocenters. The van der Waals surface area contributed by atoms with Gasteiger partial charge in [-0.15, -0.1) is 0 Å². The molecule has 2 saturated heterocycles. The summed E-state index contributed by atoms with van der Waals surface area (Å²) < 4.78 is 21.6. The van der Waals surface area contributed by atoms with Gasteiger partial charge in [-0.3, -0.25) is 4.79 Å². The molecular weight excluding hydrogens is 378 g/mol. The lowest BCUT2D eigenvalue weighted by atomic mass is 10.0. The maximum Gasteiger partial charge on any atom is 0.356 e. The van der Waals surface area contributed by atoms with Crippen LogP contribution in [0.5, 0.6) is 5.75 Å². The molecule has 9 heteroatoms. The van der Waals surface area contributed by atoms with Crippen LogP contribution in [-0.2, 0) is 19.0 Å². The third kappa shape index (κ3) is 3.93. The number of hydrogen-bond acceptors (Lipinski definition) is 6. The number of methoxy groups -OCH3 is 2. The highest BCUT2D eigenvalue weighted by Gasteiger charge is 2.42. The number of likely N-dealkylation sites (tertiary alicyclic amines) is 1. The lowest BCUT2D eigenvalue weighted by Gasteiger charge is -2.34. The number of ether oxygens (including phenoxy) is 4. The maximum absolute atomic E-state index is 12.7. The first-order chi connectivity index (χ1) is 14.0. The Labute approximate surface area is 168 Å². The normalized spacial score (nSPS) is 18.8. The van der Waals surface area contributed by atoms with Gasteiger partial charge in [-0.25, -0.2) is 4.79 Å². The van der Waals surface area contributed by atoms with E-state index in [0.29, 0.717) is 36.7 Å². The second-order valence-electron chi connectivity index (χ2n) is 7.36. The minimum absolute atomic E-state index is 0.161. The quantitative estimate of drug-likeness (QED) is 0.621. The maximum atomic E-state index is 12.7. The molecule has 1 aromatic carbocycles. The van der Waals surface area contributed by atoms with Crippen LogP contribution < -0.4 is 15.0 Å². The number of aromatic nitrogens is 1. The predicted octanol–water partition coefficient (Wildman–Crippen LogP) is 0.323. The first kappa shape index (κ1) is 19.7. The summed E-state index contributed by atoms with van der Waals surface area (Å²) in [6.45, 7) is 3.17. The Morgan fingerprint density at radius 2 is 1.93 bits per heavy atom. The van der Waals surface area contributed by atoms with Crippen LogP contribution in [0.4, 0.5) is 5.69 Å². The Balaban J connectivity index is 1.48. The molecule has 2 aliphatic heterocycles. The summed E-state index contributed by atoms with van der Waals surface area (Å²) in [4.78, 5) is 29.1. The fourth-order valence-electron chi connectivity index (χ4n) is 4.05. The molecule has 0 atom stereocenters. The predicted molar refractivity (Wildman–Crippen MR) is 104 cm³/mol. The molecule has 29 heavy (non-hydrogen) atoms. The number of carbonyl (C=O) groups is 2. The Kier molecular flexibility index (Phi) is 5.44. The monoisotopic (exact) mass is 404 g/mol. The van der Waals surface area contributed by atoms with Crippen LogP contribution in [0.3, 0.4) is 0 Å². The molecule has 1 spiro atoms. The van der Waals surface area contributed by atoms with Gasteiger partial charge in [-0.2, -0.15) is 0 Å². The Hall–Kier alpha value is -2.62. The van der Waals surface area contributed by atoms with Crippen LogP contribution >= 0.6 is 0 Å². The zero-order valence-electron chi connectivity index (χ0n) is 16.6. The lowest BCUT2D eigenvalue weighted by Crippen LogP contribution is -3.14. The second-order valence-corrected chi connectivity index (χ2v) is 7.36. The number of rotatable bonds is 5. The molecule has 0 bridgehead atoms. The number of benzene rings is 1. The number of hydrogen-bond donors (Lipinski definition) is 3. The van der Waals surface area contributed by atoms with Crippen molar-refractivity contribution in [3.63, 3.8) is 0 Å². The average Bonchev–Trinajstić information content (AvgIpc) is 3.34. The molecule has 0 radical (unpaired) electrons. The van der Waals surface area contributed by atoms with Crippen molar-refractivity contribution >= 4 is 28.5 Å². The zero-order chi connectivity index (χ0) is 20.4. The number of nitrogens with one attached hydrogen (secondary N) is 3. The molecule has 4 rings (SSSR count). The van der Waals surface area contributed by atoms with Crippen LogP contribution in [-0.4, -0.2) is 69.7 Å². The minimum Gasteiger partial charge on any atom is -0.497 e. The van der Waals surface area contributed by atoms with Gasteiger partial charge in [0.15, 0.2) is 12.3 Å². The molecule has 2 aliphatic rings. The van der Waals surface area contributed by atoms with Crippen molar-refractivity contribution in [2.75, 3.05) is 52.4 Å². The largest absolute Gasteiger partial charge is 0.497 e. The van der Waals surface area contributed by atoms with Crippen molar-refractivity contribution in [3.05, 3.63) is 23.9 Å². The molecule has 9 nitrogen and oxygen atoms in total. The number of amides is 1. The second kappa shape index (κ2) is 8.02.